The van der Waals surface area contributed by atoms with Crippen LogP contribution in [0.4, 0.5) is 17.5 Å². The van der Waals surface area contributed by atoms with Crippen LogP contribution in [-0.4, -0.2) is 43.0 Å². The molecule has 4 rings (SSSR count). The van der Waals surface area contributed by atoms with Gasteiger partial charge in [0.1, 0.15) is 5.82 Å². The van der Waals surface area contributed by atoms with Gasteiger partial charge in [-0.3, -0.25) is 0 Å². The second-order valence-corrected chi connectivity index (χ2v) is 9.38. The maximum atomic E-state index is 11.8. The quantitative estimate of drug-likeness (QED) is 0.637. The average Bonchev–Trinajstić information content (AvgIpc) is 2.71. The number of nitrogens with one attached hydrogen (secondary N) is 1. The Morgan fingerprint density at radius 3 is 2.67 bits per heavy atom. The molecule has 0 radical (unpaired) electrons. The van der Waals surface area contributed by atoms with Crippen molar-refractivity contribution in [3.8, 4) is 0 Å². The van der Waals surface area contributed by atoms with Gasteiger partial charge in [0.2, 0.25) is 5.95 Å². The fourth-order valence-electron chi connectivity index (χ4n) is 3.24. The normalized spacial score (nSPS) is 16.1. The topological polar surface area (TPSA) is 95.4 Å². The van der Waals surface area contributed by atoms with Crippen molar-refractivity contribution in [2.45, 2.75) is 11.1 Å². The smallest absolute Gasteiger partial charge is 0.229 e. The first-order valence-corrected chi connectivity index (χ1v) is 11.3. The van der Waals surface area contributed by atoms with Crippen LogP contribution in [0.5, 0.6) is 0 Å². The number of aromatic nitrogens is 2. The second kappa shape index (κ2) is 7.71. The predicted octanol–water partition coefficient (Wildman–Crippen LogP) is 3.59. The molecule has 3 aromatic rings. The van der Waals surface area contributed by atoms with Gasteiger partial charge in [0.15, 0.2) is 16.1 Å². The van der Waals surface area contributed by atoms with Crippen molar-refractivity contribution in [3.05, 3.63) is 70.9 Å². The third kappa shape index (κ3) is 3.89. The number of likely N-dealkylation sites (N-methyl/N-ethyl adjacent to an activating group) is 1. The van der Waals surface area contributed by atoms with Gasteiger partial charge in [-0.05, 0) is 30.3 Å². The highest BCUT2D eigenvalue weighted by molar-refractivity contribution is 7.90. The molecular formula is C21H19ClN4O3S. The van der Waals surface area contributed by atoms with E-state index in [2.05, 4.69) is 15.3 Å². The fourth-order valence-corrected chi connectivity index (χ4v) is 4.15. The van der Waals surface area contributed by atoms with Gasteiger partial charge in [0.05, 0.1) is 4.90 Å². The standard InChI is InChI=1S/C21H19ClN4O3S/c1-26-19-13(10-17(20(26)27)16-8-3-4-9-18(16)22)12-23-21(25-19)24-14-6-5-7-15(11-14)30(2,28)29/h3-12,20,27H,1-2H3,(H,23,24,25). The van der Waals surface area contributed by atoms with Gasteiger partial charge >= 0.3 is 0 Å². The Kier molecular flexibility index (Phi) is 5.23. The number of aliphatic hydroxyl groups is 1. The van der Waals surface area contributed by atoms with E-state index in [9.17, 15) is 13.5 Å². The fraction of sp³-hybridized carbons (Fsp3) is 0.143. The number of aliphatic hydroxyl groups excluding tert-OH is 1. The van der Waals surface area contributed by atoms with Crippen molar-refractivity contribution >= 4 is 50.5 Å². The average molecular weight is 443 g/mol. The van der Waals surface area contributed by atoms with Crippen molar-refractivity contribution < 1.29 is 13.5 Å². The van der Waals surface area contributed by atoms with Crippen molar-refractivity contribution in [2.24, 2.45) is 0 Å². The third-order valence-electron chi connectivity index (χ3n) is 4.79. The van der Waals surface area contributed by atoms with Crippen LogP contribution in [0.2, 0.25) is 5.02 Å². The van der Waals surface area contributed by atoms with E-state index in [1.54, 1.807) is 36.3 Å². The Hall–Kier alpha value is -2.94. The highest BCUT2D eigenvalue weighted by Gasteiger charge is 2.27. The van der Waals surface area contributed by atoms with Crippen LogP contribution in [0, 0.1) is 0 Å². The molecule has 0 saturated carbocycles. The van der Waals surface area contributed by atoms with Crippen LogP contribution in [0.15, 0.2) is 59.6 Å². The molecule has 30 heavy (non-hydrogen) atoms. The van der Waals surface area contributed by atoms with Crippen LogP contribution >= 0.6 is 11.6 Å². The molecule has 9 heteroatoms. The molecule has 0 fully saturated rings. The van der Waals surface area contributed by atoms with Gasteiger partial charge in [-0.2, -0.15) is 4.98 Å². The summed E-state index contributed by atoms with van der Waals surface area (Å²) in [7, 11) is -1.59. The van der Waals surface area contributed by atoms with Crippen LogP contribution < -0.4 is 10.2 Å². The molecule has 1 aliphatic heterocycles. The van der Waals surface area contributed by atoms with E-state index < -0.39 is 16.1 Å². The number of fused-ring (bicyclic) bond motifs is 1. The number of hydrogen-bond acceptors (Lipinski definition) is 7. The monoisotopic (exact) mass is 442 g/mol. The summed E-state index contributed by atoms with van der Waals surface area (Å²) in [6.45, 7) is 0. The Morgan fingerprint density at radius 1 is 1.17 bits per heavy atom. The number of nitrogens with zero attached hydrogens (tertiary/aromatic N) is 3. The highest BCUT2D eigenvalue weighted by Crippen LogP contribution is 2.36. The van der Waals surface area contributed by atoms with Crippen LogP contribution in [0.3, 0.4) is 0 Å². The maximum absolute atomic E-state index is 11.8. The summed E-state index contributed by atoms with van der Waals surface area (Å²) in [5.74, 6) is 0.822. The molecule has 0 saturated heterocycles. The Labute approximate surface area is 179 Å². The summed E-state index contributed by atoms with van der Waals surface area (Å²) in [6, 6.07) is 13.7. The molecule has 1 atom stereocenters. The number of anilines is 3. The molecule has 1 unspecified atom stereocenters. The Balaban J connectivity index is 1.69. The van der Waals surface area contributed by atoms with Crippen molar-refractivity contribution in [1.29, 1.82) is 0 Å². The summed E-state index contributed by atoms with van der Waals surface area (Å²) in [6.07, 6.45) is 3.68. The zero-order chi connectivity index (χ0) is 21.5. The number of rotatable bonds is 4. The van der Waals surface area contributed by atoms with Crippen molar-refractivity contribution in [2.75, 3.05) is 23.5 Å². The number of hydrogen-bond donors (Lipinski definition) is 2. The van der Waals surface area contributed by atoms with Gasteiger partial charge in [0.25, 0.3) is 0 Å². The number of sulfone groups is 1. The summed E-state index contributed by atoms with van der Waals surface area (Å²) < 4.78 is 23.5. The molecule has 154 valence electrons. The summed E-state index contributed by atoms with van der Waals surface area (Å²) >= 11 is 6.30. The lowest BCUT2D eigenvalue weighted by atomic mass is 9.98. The molecule has 2 heterocycles. The van der Waals surface area contributed by atoms with E-state index in [-0.39, 0.29) is 10.8 Å². The predicted molar refractivity (Wildman–Crippen MR) is 119 cm³/mol. The molecule has 0 amide bonds. The summed E-state index contributed by atoms with van der Waals surface area (Å²) in [4.78, 5) is 10.7. The lowest BCUT2D eigenvalue weighted by molar-refractivity contribution is 0.231. The summed E-state index contributed by atoms with van der Waals surface area (Å²) in [5.41, 5.74) is 2.67. The number of halogens is 1. The largest absolute Gasteiger partial charge is 0.369 e. The van der Waals surface area contributed by atoms with E-state index in [4.69, 9.17) is 11.6 Å². The van der Waals surface area contributed by atoms with Gasteiger partial charge in [-0.1, -0.05) is 35.9 Å². The molecule has 2 N–H and O–H groups in total. The van der Waals surface area contributed by atoms with E-state index in [1.807, 2.05) is 24.3 Å². The zero-order valence-electron chi connectivity index (χ0n) is 16.2. The van der Waals surface area contributed by atoms with Crippen molar-refractivity contribution in [3.63, 3.8) is 0 Å². The summed E-state index contributed by atoms with van der Waals surface area (Å²) in [5, 5.41) is 14.4. The first-order valence-electron chi connectivity index (χ1n) is 9.05. The van der Waals surface area contributed by atoms with Crippen LogP contribution in [-0.2, 0) is 9.84 Å². The van der Waals surface area contributed by atoms with Crippen molar-refractivity contribution in [1.82, 2.24) is 9.97 Å². The molecule has 0 bridgehead atoms. The second-order valence-electron chi connectivity index (χ2n) is 6.96. The third-order valence-corrected chi connectivity index (χ3v) is 6.23. The molecule has 1 aromatic heterocycles. The van der Waals surface area contributed by atoms with Gasteiger partial charge < -0.3 is 15.3 Å². The minimum Gasteiger partial charge on any atom is -0.369 e. The molecule has 1 aliphatic rings. The highest BCUT2D eigenvalue weighted by atomic mass is 35.5. The lowest BCUT2D eigenvalue weighted by Gasteiger charge is -2.32. The van der Waals surface area contributed by atoms with E-state index in [1.165, 1.54) is 12.1 Å². The molecule has 7 nitrogen and oxygen atoms in total. The number of benzene rings is 2. The van der Waals surface area contributed by atoms with Crippen LogP contribution in [0.25, 0.3) is 11.6 Å². The Bertz CT molecular complexity index is 1260. The van der Waals surface area contributed by atoms with Crippen LogP contribution in [0.1, 0.15) is 11.1 Å². The van der Waals surface area contributed by atoms with Gasteiger partial charge in [-0.25, -0.2) is 13.4 Å². The van der Waals surface area contributed by atoms with E-state index >= 15 is 0 Å². The first kappa shape index (κ1) is 20.3. The molecular weight excluding hydrogens is 424 g/mol. The molecule has 2 aromatic carbocycles. The van der Waals surface area contributed by atoms with E-state index in [0.29, 0.717) is 22.1 Å². The maximum Gasteiger partial charge on any atom is 0.229 e. The minimum atomic E-state index is -3.32. The first-order chi connectivity index (χ1) is 14.2. The van der Waals surface area contributed by atoms with Gasteiger partial charge in [0, 0.05) is 46.9 Å². The molecule has 0 aliphatic carbocycles. The minimum absolute atomic E-state index is 0.199. The SMILES string of the molecule is CN1c2nc(Nc3cccc(S(C)(=O)=O)c3)ncc2C=C(c2ccccc2Cl)C1O. The van der Waals surface area contributed by atoms with Gasteiger partial charge in [-0.15, -0.1) is 0 Å². The Morgan fingerprint density at radius 2 is 1.93 bits per heavy atom. The zero-order valence-corrected chi connectivity index (χ0v) is 17.8. The van der Waals surface area contributed by atoms with E-state index in [0.717, 1.165) is 17.4 Å². The molecule has 0 spiro atoms. The lowest BCUT2D eigenvalue weighted by Crippen LogP contribution is -2.36.